The zero-order chi connectivity index (χ0) is 12.1. The van der Waals surface area contributed by atoms with Gasteiger partial charge in [0.2, 0.25) is 0 Å². The fourth-order valence-corrected chi connectivity index (χ4v) is 2.28. The lowest BCUT2D eigenvalue weighted by Crippen LogP contribution is -2.41. The van der Waals surface area contributed by atoms with Crippen molar-refractivity contribution in [3.8, 4) is 0 Å². The van der Waals surface area contributed by atoms with Gasteiger partial charge in [0.15, 0.2) is 6.39 Å². The van der Waals surface area contributed by atoms with Gasteiger partial charge in [0.25, 0.3) is 0 Å². The van der Waals surface area contributed by atoms with Crippen molar-refractivity contribution in [2.24, 2.45) is 0 Å². The van der Waals surface area contributed by atoms with Crippen LogP contribution in [-0.2, 0) is 17.7 Å². The van der Waals surface area contributed by atoms with E-state index in [2.05, 4.69) is 17.2 Å². The molecule has 1 aliphatic rings. The Morgan fingerprint density at radius 1 is 1.53 bits per heavy atom. The van der Waals surface area contributed by atoms with Gasteiger partial charge >= 0.3 is 0 Å². The first kappa shape index (κ1) is 12.6. The van der Waals surface area contributed by atoms with Gasteiger partial charge in [0.1, 0.15) is 5.76 Å². The molecule has 0 saturated heterocycles. The van der Waals surface area contributed by atoms with E-state index in [0.717, 1.165) is 50.2 Å². The normalized spacial score (nSPS) is 18.0. The quantitative estimate of drug-likeness (QED) is 0.740. The fraction of sp³-hybridized carbons (Fsp3) is 0.769. The first-order valence-electron chi connectivity index (χ1n) is 6.47. The van der Waals surface area contributed by atoms with E-state index in [9.17, 15) is 0 Å². The van der Waals surface area contributed by atoms with E-state index in [1.54, 1.807) is 13.5 Å². The minimum absolute atomic E-state index is 0.0129. The van der Waals surface area contributed by atoms with Crippen LogP contribution in [0.3, 0.4) is 0 Å². The Bertz CT molecular complexity index is 339. The van der Waals surface area contributed by atoms with Gasteiger partial charge < -0.3 is 14.5 Å². The van der Waals surface area contributed by atoms with Crippen molar-refractivity contribution in [3.63, 3.8) is 0 Å². The Balaban J connectivity index is 1.93. The van der Waals surface area contributed by atoms with Crippen molar-refractivity contribution in [1.29, 1.82) is 0 Å². The van der Waals surface area contributed by atoms with E-state index in [4.69, 9.17) is 9.15 Å². The summed E-state index contributed by atoms with van der Waals surface area (Å²) in [5, 5.41) is 3.35. The molecule has 1 saturated carbocycles. The van der Waals surface area contributed by atoms with E-state index < -0.39 is 0 Å². The molecule has 1 aromatic heterocycles. The second-order valence-corrected chi connectivity index (χ2v) is 4.82. The van der Waals surface area contributed by atoms with Crippen LogP contribution >= 0.6 is 0 Å². The number of ether oxygens (including phenoxy) is 1. The van der Waals surface area contributed by atoms with Gasteiger partial charge in [-0.25, -0.2) is 4.98 Å². The van der Waals surface area contributed by atoms with Gasteiger partial charge in [0.05, 0.1) is 11.3 Å². The average molecular weight is 238 g/mol. The zero-order valence-corrected chi connectivity index (χ0v) is 10.8. The summed E-state index contributed by atoms with van der Waals surface area (Å²) in [6.45, 7) is 3.96. The Hall–Kier alpha value is -0.870. The summed E-state index contributed by atoms with van der Waals surface area (Å²) in [5.41, 5.74) is 1.04. The van der Waals surface area contributed by atoms with Crippen LogP contribution in [0.2, 0.25) is 0 Å². The Kier molecular flexibility index (Phi) is 4.18. The van der Waals surface area contributed by atoms with Crippen molar-refractivity contribution < 1.29 is 9.15 Å². The topological polar surface area (TPSA) is 47.3 Å². The lowest BCUT2D eigenvalue weighted by atomic mass is 9.77. The molecule has 1 heterocycles. The molecule has 0 spiro atoms. The van der Waals surface area contributed by atoms with Crippen LogP contribution in [-0.4, -0.2) is 24.2 Å². The zero-order valence-electron chi connectivity index (χ0n) is 10.8. The van der Waals surface area contributed by atoms with E-state index >= 15 is 0 Å². The van der Waals surface area contributed by atoms with Crippen molar-refractivity contribution in [2.45, 2.75) is 51.2 Å². The smallest absolute Gasteiger partial charge is 0.181 e. The van der Waals surface area contributed by atoms with E-state index in [1.165, 1.54) is 6.42 Å². The summed E-state index contributed by atoms with van der Waals surface area (Å²) < 4.78 is 11.1. The summed E-state index contributed by atoms with van der Waals surface area (Å²) in [6.07, 6.45) is 7.05. The molecule has 1 N–H and O–H groups in total. The molecule has 4 heteroatoms. The maximum Gasteiger partial charge on any atom is 0.181 e. The number of nitrogens with one attached hydrogen (secondary N) is 1. The molecule has 0 bridgehead atoms. The number of hydrogen-bond acceptors (Lipinski definition) is 4. The molecule has 0 amide bonds. The molecule has 4 nitrogen and oxygen atoms in total. The number of oxazole rings is 1. The molecule has 0 radical (unpaired) electrons. The second-order valence-electron chi connectivity index (χ2n) is 4.82. The summed E-state index contributed by atoms with van der Waals surface area (Å²) in [5.74, 6) is 0.982. The lowest BCUT2D eigenvalue weighted by molar-refractivity contribution is -0.0739. The molecule has 0 atom stereocenters. The van der Waals surface area contributed by atoms with Gasteiger partial charge in [0, 0.05) is 20.1 Å². The van der Waals surface area contributed by atoms with E-state index in [1.807, 2.05) is 0 Å². The van der Waals surface area contributed by atoms with Crippen LogP contribution < -0.4 is 5.32 Å². The van der Waals surface area contributed by atoms with Gasteiger partial charge in [-0.05, 0) is 32.2 Å². The molecule has 0 unspecified atom stereocenters. The highest BCUT2D eigenvalue weighted by molar-refractivity contribution is 5.12. The lowest BCUT2D eigenvalue weighted by Gasteiger charge is -2.40. The minimum atomic E-state index is 0.0129. The molecular weight excluding hydrogens is 216 g/mol. The highest BCUT2D eigenvalue weighted by atomic mass is 16.5. The highest BCUT2D eigenvalue weighted by Crippen LogP contribution is 2.38. The van der Waals surface area contributed by atoms with E-state index in [-0.39, 0.29) is 5.60 Å². The van der Waals surface area contributed by atoms with Gasteiger partial charge in [-0.2, -0.15) is 0 Å². The standard InChI is InChI=1S/C13H22N2O2/c1-3-7-14-9-11-12(17-10-15-11)8-13(16-2)5-4-6-13/h10,14H,3-9H2,1-2H3. The maximum atomic E-state index is 5.62. The first-order chi connectivity index (χ1) is 8.29. The fourth-order valence-electron chi connectivity index (χ4n) is 2.28. The van der Waals surface area contributed by atoms with Crippen molar-refractivity contribution in [2.75, 3.05) is 13.7 Å². The number of methoxy groups -OCH3 is 1. The number of rotatable bonds is 7. The SMILES string of the molecule is CCCNCc1ncoc1CC1(OC)CCC1. The molecule has 0 aliphatic heterocycles. The molecule has 17 heavy (non-hydrogen) atoms. The number of nitrogens with zero attached hydrogens (tertiary/aromatic N) is 1. The first-order valence-corrected chi connectivity index (χ1v) is 6.47. The van der Waals surface area contributed by atoms with Crippen molar-refractivity contribution >= 4 is 0 Å². The van der Waals surface area contributed by atoms with Crippen LogP contribution in [0.4, 0.5) is 0 Å². The molecule has 2 rings (SSSR count). The van der Waals surface area contributed by atoms with E-state index in [0.29, 0.717) is 0 Å². The molecule has 1 aromatic rings. The van der Waals surface area contributed by atoms with Crippen molar-refractivity contribution in [3.05, 3.63) is 17.8 Å². The minimum Gasteiger partial charge on any atom is -0.448 e. The summed E-state index contributed by atoms with van der Waals surface area (Å²) in [6, 6.07) is 0. The predicted molar refractivity (Wildman–Crippen MR) is 65.8 cm³/mol. The van der Waals surface area contributed by atoms with Gasteiger partial charge in [-0.1, -0.05) is 6.92 Å². The van der Waals surface area contributed by atoms with Gasteiger partial charge in [-0.3, -0.25) is 0 Å². The van der Waals surface area contributed by atoms with Crippen molar-refractivity contribution in [1.82, 2.24) is 10.3 Å². The van der Waals surface area contributed by atoms with Crippen LogP contribution in [0.25, 0.3) is 0 Å². The summed E-state index contributed by atoms with van der Waals surface area (Å²) >= 11 is 0. The summed E-state index contributed by atoms with van der Waals surface area (Å²) in [7, 11) is 1.80. The van der Waals surface area contributed by atoms with Crippen LogP contribution in [0.5, 0.6) is 0 Å². The summed E-state index contributed by atoms with van der Waals surface area (Å²) in [4.78, 5) is 4.28. The Morgan fingerprint density at radius 3 is 2.94 bits per heavy atom. The van der Waals surface area contributed by atoms with Crippen LogP contribution in [0.1, 0.15) is 44.1 Å². The third kappa shape index (κ3) is 2.87. The van der Waals surface area contributed by atoms with Gasteiger partial charge in [-0.15, -0.1) is 0 Å². The maximum absolute atomic E-state index is 5.62. The number of hydrogen-bond donors (Lipinski definition) is 1. The van der Waals surface area contributed by atoms with Crippen LogP contribution in [0.15, 0.2) is 10.8 Å². The second kappa shape index (κ2) is 5.65. The molecule has 1 fully saturated rings. The third-order valence-corrected chi connectivity index (χ3v) is 3.63. The number of aromatic nitrogens is 1. The monoisotopic (exact) mass is 238 g/mol. The molecule has 0 aromatic carbocycles. The Labute approximate surface area is 103 Å². The largest absolute Gasteiger partial charge is 0.448 e. The predicted octanol–water partition coefficient (Wildman–Crippen LogP) is 2.29. The average Bonchev–Trinajstić information content (AvgIpc) is 2.71. The van der Waals surface area contributed by atoms with Crippen LogP contribution in [0, 0.1) is 0 Å². The molecule has 1 aliphatic carbocycles. The highest BCUT2D eigenvalue weighted by Gasteiger charge is 2.38. The molecule has 96 valence electrons. The molecular formula is C13H22N2O2. The third-order valence-electron chi connectivity index (χ3n) is 3.63. The Morgan fingerprint density at radius 2 is 2.35 bits per heavy atom.